The molecule has 110 valence electrons. The second kappa shape index (κ2) is 10.8. The van der Waals surface area contributed by atoms with Crippen LogP contribution in [0.2, 0.25) is 0 Å². The summed E-state index contributed by atoms with van der Waals surface area (Å²) in [6.07, 6.45) is 10.8. The summed E-state index contributed by atoms with van der Waals surface area (Å²) < 4.78 is 1.08. The number of aliphatic hydroxyl groups is 2. The lowest BCUT2D eigenvalue weighted by molar-refractivity contribution is -0.870. The molecular weight excluding hydrogens is 226 g/mol. The molecule has 0 rings (SSSR count). The van der Waals surface area contributed by atoms with Gasteiger partial charge in [-0.1, -0.05) is 38.5 Å². The van der Waals surface area contributed by atoms with Crippen LogP contribution in [0.25, 0.3) is 0 Å². The first-order chi connectivity index (χ1) is 8.42. The summed E-state index contributed by atoms with van der Waals surface area (Å²) in [6.45, 7) is 1.28. The molecule has 0 aromatic rings. The maximum Gasteiger partial charge on any atom is 0.151 e. The Balaban J connectivity index is 3.04. The number of nitrogens with zero attached hydrogens (tertiary/aromatic N) is 1. The van der Waals surface area contributed by atoms with Crippen LogP contribution in [0.3, 0.4) is 0 Å². The second-order valence-electron chi connectivity index (χ2n) is 6.47. The fourth-order valence-electron chi connectivity index (χ4n) is 2.15. The Bertz CT molecular complexity index is 176. The van der Waals surface area contributed by atoms with Gasteiger partial charge in [0.2, 0.25) is 0 Å². The van der Waals surface area contributed by atoms with Crippen molar-refractivity contribution < 1.29 is 14.7 Å². The highest BCUT2D eigenvalue weighted by Gasteiger charge is 2.04. The zero-order chi connectivity index (χ0) is 13.9. The van der Waals surface area contributed by atoms with E-state index in [9.17, 15) is 0 Å². The van der Waals surface area contributed by atoms with Crippen molar-refractivity contribution in [3.63, 3.8) is 0 Å². The molecule has 0 saturated carbocycles. The Morgan fingerprint density at radius 1 is 0.667 bits per heavy atom. The molecule has 0 unspecified atom stereocenters. The van der Waals surface area contributed by atoms with Crippen LogP contribution in [0, 0.1) is 0 Å². The van der Waals surface area contributed by atoms with Gasteiger partial charge in [-0.2, -0.15) is 0 Å². The standard InChI is InChI=1S/C15H34NO2/c1-16(2,3)14-12-10-8-6-4-5-7-9-11-13-15(17)18/h15,17-18H,4-14H2,1-3H3/q+1. The lowest BCUT2D eigenvalue weighted by atomic mass is 10.1. The number of rotatable bonds is 12. The van der Waals surface area contributed by atoms with Crippen LogP contribution in [-0.4, -0.2) is 48.7 Å². The van der Waals surface area contributed by atoms with Gasteiger partial charge in [0.05, 0.1) is 27.7 Å². The van der Waals surface area contributed by atoms with Crippen LogP contribution in [0.1, 0.15) is 64.2 Å². The monoisotopic (exact) mass is 260 g/mol. The van der Waals surface area contributed by atoms with Gasteiger partial charge < -0.3 is 14.7 Å². The molecule has 0 radical (unpaired) electrons. The van der Waals surface area contributed by atoms with E-state index in [4.69, 9.17) is 10.2 Å². The molecule has 3 heteroatoms. The molecule has 0 aliphatic heterocycles. The van der Waals surface area contributed by atoms with Gasteiger partial charge in [0, 0.05) is 0 Å². The smallest absolute Gasteiger partial charge is 0.151 e. The number of hydrogen-bond donors (Lipinski definition) is 2. The quantitative estimate of drug-likeness (QED) is 0.322. The fourth-order valence-corrected chi connectivity index (χ4v) is 2.15. The molecule has 0 heterocycles. The molecule has 3 nitrogen and oxygen atoms in total. The number of hydrogen-bond acceptors (Lipinski definition) is 2. The third-order valence-electron chi connectivity index (χ3n) is 3.29. The molecule has 0 fully saturated rings. The molecular formula is C15H34NO2+. The summed E-state index contributed by atoms with van der Waals surface area (Å²) in [5, 5.41) is 17.4. The van der Waals surface area contributed by atoms with E-state index in [0.29, 0.717) is 6.42 Å². The van der Waals surface area contributed by atoms with Gasteiger partial charge in [-0.3, -0.25) is 0 Å². The van der Waals surface area contributed by atoms with Crippen molar-refractivity contribution in [2.24, 2.45) is 0 Å². The van der Waals surface area contributed by atoms with Crippen LogP contribution < -0.4 is 0 Å². The largest absolute Gasteiger partial charge is 0.368 e. The van der Waals surface area contributed by atoms with E-state index in [2.05, 4.69) is 21.1 Å². The van der Waals surface area contributed by atoms with Crippen LogP contribution in [0.4, 0.5) is 0 Å². The molecule has 0 atom stereocenters. The lowest BCUT2D eigenvalue weighted by Crippen LogP contribution is -2.35. The molecule has 0 spiro atoms. The summed E-state index contributed by atoms with van der Waals surface area (Å²) in [5.74, 6) is 0. The molecule has 0 aliphatic carbocycles. The molecule has 0 bridgehead atoms. The predicted molar refractivity (Wildman–Crippen MR) is 77.3 cm³/mol. The summed E-state index contributed by atoms with van der Waals surface area (Å²) >= 11 is 0. The van der Waals surface area contributed by atoms with Gasteiger partial charge in [0.15, 0.2) is 6.29 Å². The number of unbranched alkanes of at least 4 members (excludes halogenated alkanes) is 8. The molecule has 0 aliphatic rings. The van der Waals surface area contributed by atoms with Gasteiger partial charge in [0.25, 0.3) is 0 Å². The third kappa shape index (κ3) is 15.9. The summed E-state index contributed by atoms with van der Waals surface area (Å²) in [4.78, 5) is 0. The zero-order valence-corrected chi connectivity index (χ0v) is 12.7. The highest BCUT2D eigenvalue weighted by atomic mass is 16.5. The van der Waals surface area contributed by atoms with E-state index < -0.39 is 6.29 Å². The minimum Gasteiger partial charge on any atom is -0.368 e. The van der Waals surface area contributed by atoms with Crippen LogP contribution >= 0.6 is 0 Å². The van der Waals surface area contributed by atoms with Gasteiger partial charge in [-0.05, 0) is 25.7 Å². The highest BCUT2D eigenvalue weighted by Crippen LogP contribution is 2.11. The SMILES string of the molecule is C[N+](C)(C)CCCCCCCCCCCC(O)O. The van der Waals surface area contributed by atoms with Gasteiger partial charge in [0.1, 0.15) is 0 Å². The van der Waals surface area contributed by atoms with Crippen molar-refractivity contribution in [3.05, 3.63) is 0 Å². The molecule has 18 heavy (non-hydrogen) atoms. The maximum absolute atomic E-state index is 8.69. The first kappa shape index (κ1) is 17.9. The van der Waals surface area contributed by atoms with E-state index in [-0.39, 0.29) is 0 Å². The van der Waals surface area contributed by atoms with Crippen molar-refractivity contribution in [2.45, 2.75) is 70.5 Å². The summed E-state index contributed by atoms with van der Waals surface area (Å²) in [7, 11) is 6.76. The molecule has 2 N–H and O–H groups in total. The van der Waals surface area contributed by atoms with Crippen LogP contribution in [0.5, 0.6) is 0 Å². The van der Waals surface area contributed by atoms with Crippen molar-refractivity contribution in [2.75, 3.05) is 27.7 Å². The van der Waals surface area contributed by atoms with E-state index in [1.54, 1.807) is 0 Å². The van der Waals surface area contributed by atoms with Crippen molar-refractivity contribution in [1.29, 1.82) is 0 Å². The van der Waals surface area contributed by atoms with Gasteiger partial charge >= 0.3 is 0 Å². The number of aliphatic hydroxyl groups excluding tert-OH is 1. The summed E-state index contributed by atoms with van der Waals surface area (Å²) in [5.41, 5.74) is 0. The van der Waals surface area contributed by atoms with E-state index in [1.165, 1.54) is 51.5 Å². The second-order valence-corrected chi connectivity index (χ2v) is 6.47. The molecule has 0 amide bonds. The minimum absolute atomic E-state index is 0.533. The van der Waals surface area contributed by atoms with E-state index >= 15 is 0 Å². The van der Waals surface area contributed by atoms with Crippen LogP contribution in [-0.2, 0) is 0 Å². The molecule has 0 aromatic heterocycles. The Kier molecular flexibility index (Phi) is 10.7. The summed E-state index contributed by atoms with van der Waals surface area (Å²) in [6, 6.07) is 0. The molecule has 0 saturated heterocycles. The third-order valence-corrected chi connectivity index (χ3v) is 3.29. The fraction of sp³-hybridized carbons (Fsp3) is 1.00. The minimum atomic E-state index is -1.11. The average molecular weight is 260 g/mol. The van der Waals surface area contributed by atoms with Gasteiger partial charge in [-0.25, -0.2) is 0 Å². The first-order valence-corrected chi connectivity index (χ1v) is 7.58. The Morgan fingerprint density at radius 2 is 1.06 bits per heavy atom. The maximum atomic E-state index is 8.69. The lowest BCUT2D eigenvalue weighted by Gasteiger charge is -2.23. The van der Waals surface area contributed by atoms with Gasteiger partial charge in [-0.15, -0.1) is 0 Å². The Morgan fingerprint density at radius 3 is 1.44 bits per heavy atom. The van der Waals surface area contributed by atoms with Crippen molar-refractivity contribution in [3.8, 4) is 0 Å². The number of quaternary nitrogens is 1. The Hall–Kier alpha value is -0.120. The first-order valence-electron chi connectivity index (χ1n) is 7.58. The normalized spacial score (nSPS) is 12.3. The Labute approximate surface area is 113 Å². The van der Waals surface area contributed by atoms with Crippen molar-refractivity contribution >= 4 is 0 Å². The highest BCUT2D eigenvalue weighted by molar-refractivity contribution is 4.48. The predicted octanol–water partition coefficient (Wildman–Crippen LogP) is 2.90. The van der Waals surface area contributed by atoms with E-state index in [0.717, 1.165) is 17.3 Å². The molecule has 0 aromatic carbocycles. The van der Waals surface area contributed by atoms with Crippen LogP contribution in [0.15, 0.2) is 0 Å². The topological polar surface area (TPSA) is 40.5 Å². The van der Waals surface area contributed by atoms with E-state index in [1.807, 2.05) is 0 Å². The van der Waals surface area contributed by atoms with Crippen molar-refractivity contribution in [1.82, 2.24) is 0 Å². The average Bonchev–Trinajstić information content (AvgIpc) is 2.24. The zero-order valence-electron chi connectivity index (χ0n) is 12.7.